The first-order valence-corrected chi connectivity index (χ1v) is 13.5. The van der Waals surface area contributed by atoms with E-state index >= 15 is 0 Å². The van der Waals surface area contributed by atoms with Gasteiger partial charge in [0, 0.05) is 24.9 Å². The average molecular weight is 492 g/mol. The molecule has 0 saturated carbocycles. The molecular formula is C24H33N3O6S. The molecule has 0 bridgehead atoms. The van der Waals surface area contributed by atoms with Gasteiger partial charge in [0.15, 0.2) is 0 Å². The average Bonchev–Trinajstić information content (AvgIpc) is 3.41. The van der Waals surface area contributed by atoms with Crippen molar-refractivity contribution in [2.24, 2.45) is 0 Å². The largest absolute Gasteiger partial charge is 0.459 e. The number of hydrogen-bond acceptors (Lipinski definition) is 6. The highest BCUT2D eigenvalue weighted by atomic mass is 32.3. The number of likely N-dealkylation sites (tertiary alicyclic amines) is 1. The van der Waals surface area contributed by atoms with Crippen molar-refractivity contribution >= 4 is 33.1 Å². The fourth-order valence-corrected chi connectivity index (χ4v) is 9.68. The zero-order valence-electron chi connectivity index (χ0n) is 19.9. The van der Waals surface area contributed by atoms with Crippen molar-refractivity contribution in [1.29, 1.82) is 0 Å². The van der Waals surface area contributed by atoms with E-state index in [0.29, 0.717) is 13.1 Å². The highest BCUT2D eigenvalue weighted by Gasteiger charge is 2.72. The lowest BCUT2D eigenvalue weighted by molar-refractivity contribution is -0.162. The number of amides is 3. The van der Waals surface area contributed by atoms with Crippen LogP contribution < -0.4 is 0 Å². The summed E-state index contributed by atoms with van der Waals surface area (Å²) >= 11 is 0. The smallest absolute Gasteiger partial charge is 0.330 e. The molecule has 186 valence electrons. The highest BCUT2D eigenvalue weighted by molar-refractivity contribution is 8.46. The minimum absolute atomic E-state index is 0.0542. The van der Waals surface area contributed by atoms with E-state index in [9.17, 15) is 24.3 Å². The lowest BCUT2D eigenvalue weighted by Gasteiger charge is -2.50. The lowest BCUT2D eigenvalue weighted by Crippen LogP contribution is -2.57. The Kier molecular flexibility index (Phi) is 6.65. The van der Waals surface area contributed by atoms with Crippen LogP contribution in [0.5, 0.6) is 0 Å². The van der Waals surface area contributed by atoms with Crippen LogP contribution in [0.3, 0.4) is 0 Å². The second kappa shape index (κ2) is 9.22. The second-order valence-corrected chi connectivity index (χ2v) is 13.5. The number of β-lactam (4-membered cyclic amide) rings is 1. The maximum Gasteiger partial charge on any atom is 0.330 e. The molecule has 3 amide bonds. The maximum absolute atomic E-state index is 13.9. The van der Waals surface area contributed by atoms with Crippen molar-refractivity contribution in [2.75, 3.05) is 32.6 Å². The second-order valence-electron chi connectivity index (χ2n) is 9.69. The van der Waals surface area contributed by atoms with Crippen LogP contribution in [0, 0.1) is 0 Å². The van der Waals surface area contributed by atoms with Crippen molar-refractivity contribution in [3.63, 3.8) is 0 Å². The van der Waals surface area contributed by atoms with Crippen molar-refractivity contribution in [2.45, 2.75) is 55.9 Å². The number of aliphatic hydroxyl groups is 1. The number of aliphatic hydroxyl groups excluding tert-OH is 1. The van der Waals surface area contributed by atoms with E-state index < -0.39 is 38.1 Å². The molecule has 1 aromatic carbocycles. The fraction of sp³-hybridized carbons (Fsp3) is 0.583. The van der Waals surface area contributed by atoms with E-state index in [4.69, 9.17) is 4.74 Å². The molecule has 4 rings (SSSR count). The minimum atomic E-state index is -2.60. The summed E-state index contributed by atoms with van der Waals surface area (Å²) in [6.07, 6.45) is 2.00. The van der Waals surface area contributed by atoms with Gasteiger partial charge in [0.05, 0.1) is 17.7 Å². The standard InChI is InChI=1S/C24H33N3O6S/c1-24(2)21(22(31)33-15-17-9-5-4-6-10-17)27-18(29)13-20(27)34(24,16-28)23(32)25(3)14-19(30)26-11-7-8-12-26/h4-6,9-10,20-21,28H,7-8,11-16H2,1-3H3/t20-,21+/m1/s1. The van der Waals surface area contributed by atoms with Crippen LogP contribution in [0.4, 0.5) is 4.79 Å². The summed E-state index contributed by atoms with van der Waals surface area (Å²) in [5.74, 6) is -1.40. The monoisotopic (exact) mass is 491 g/mol. The Hall–Kier alpha value is -2.59. The van der Waals surface area contributed by atoms with Gasteiger partial charge in [0.25, 0.3) is 5.24 Å². The zero-order chi connectivity index (χ0) is 24.7. The first kappa shape index (κ1) is 24.5. The summed E-state index contributed by atoms with van der Waals surface area (Å²) in [7, 11) is -1.04. The SMILES string of the molecule is CN(CC(=O)N1CCCC1)C(=O)S1(CO)[C@@H]2CC(=O)N2[C@@H](C(=O)OCc2ccccc2)C1(C)C. The molecule has 1 N–H and O–H groups in total. The molecule has 0 aliphatic carbocycles. The van der Waals surface area contributed by atoms with Gasteiger partial charge in [0.2, 0.25) is 11.8 Å². The molecule has 3 fully saturated rings. The van der Waals surface area contributed by atoms with Crippen LogP contribution in [0.1, 0.15) is 38.7 Å². The molecular weight excluding hydrogens is 458 g/mol. The van der Waals surface area contributed by atoms with E-state index in [2.05, 4.69) is 0 Å². The van der Waals surface area contributed by atoms with Crippen LogP contribution in [0.15, 0.2) is 30.3 Å². The summed E-state index contributed by atoms with van der Waals surface area (Å²) in [6.45, 7) is 4.85. The number of carbonyl (C=O) groups is 4. The number of fused-ring (bicyclic) bond motifs is 1. The normalized spacial score (nSPS) is 29.1. The predicted octanol–water partition coefficient (Wildman–Crippen LogP) is 1.88. The number of benzene rings is 1. The van der Waals surface area contributed by atoms with Crippen LogP contribution in [0.2, 0.25) is 0 Å². The Morgan fingerprint density at radius 1 is 1.18 bits per heavy atom. The van der Waals surface area contributed by atoms with E-state index in [1.165, 1.54) is 9.80 Å². The van der Waals surface area contributed by atoms with Gasteiger partial charge >= 0.3 is 5.97 Å². The van der Waals surface area contributed by atoms with Gasteiger partial charge in [-0.25, -0.2) is 4.79 Å². The molecule has 0 radical (unpaired) electrons. The topological polar surface area (TPSA) is 107 Å². The molecule has 0 aromatic heterocycles. The summed E-state index contributed by atoms with van der Waals surface area (Å²) in [4.78, 5) is 56.9. The number of likely N-dealkylation sites (N-methyl/N-ethyl adjacent to an activating group) is 1. The van der Waals surface area contributed by atoms with Crippen LogP contribution >= 0.6 is 10.0 Å². The molecule has 3 atom stereocenters. The fourth-order valence-electron chi connectivity index (χ4n) is 5.40. The molecule has 1 unspecified atom stereocenters. The van der Waals surface area contributed by atoms with Gasteiger partial charge in [-0.3, -0.25) is 14.4 Å². The van der Waals surface area contributed by atoms with Crippen molar-refractivity contribution in [3.05, 3.63) is 35.9 Å². The van der Waals surface area contributed by atoms with E-state index in [-0.39, 0.29) is 36.6 Å². The summed E-state index contributed by atoms with van der Waals surface area (Å²) < 4.78 is 4.54. The molecule has 3 aliphatic heterocycles. The Labute approximate surface area is 201 Å². The van der Waals surface area contributed by atoms with Crippen LogP contribution in [-0.2, 0) is 25.7 Å². The zero-order valence-corrected chi connectivity index (χ0v) is 20.8. The van der Waals surface area contributed by atoms with E-state index in [1.54, 1.807) is 25.8 Å². The Morgan fingerprint density at radius 2 is 1.82 bits per heavy atom. The number of ether oxygens (including phenoxy) is 1. The van der Waals surface area contributed by atoms with Gasteiger partial charge in [0.1, 0.15) is 19.2 Å². The molecule has 34 heavy (non-hydrogen) atoms. The Morgan fingerprint density at radius 3 is 2.41 bits per heavy atom. The third-order valence-corrected chi connectivity index (χ3v) is 12.2. The number of esters is 1. The maximum atomic E-state index is 13.9. The molecule has 3 heterocycles. The molecule has 10 heteroatoms. The van der Waals surface area contributed by atoms with Gasteiger partial charge < -0.3 is 24.5 Å². The van der Waals surface area contributed by atoms with Crippen molar-refractivity contribution in [1.82, 2.24) is 14.7 Å². The van der Waals surface area contributed by atoms with E-state index in [1.807, 2.05) is 30.3 Å². The molecule has 9 nitrogen and oxygen atoms in total. The molecule has 3 aliphatic rings. The number of carbonyl (C=O) groups excluding carboxylic acids is 4. The third kappa shape index (κ3) is 3.76. The summed E-state index contributed by atoms with van der Waals surface area (Å²) in [6, 6.07) is 8.25. The number of nitrogens with zero attached hydrogens (tertiary/aromatic N) is 3. The summed E-state index contributed by atoms with van der Waals surface area (Å²) in [5, 5.41) is 9.73. The van der Waals surface area contributed by atoms with Gasteiger partial charge in [-0.05, 0) is 32.3 Å². The third-order valence-electron chi connectivity index (χ3n) is 7.39. The minimum Gasteiger partial charge on any atom is -0.459 e. The first-order chi connectivity index (χ1) is 16.1. The number of hydrogen-bond donors (Lipinski definition) is 1. The Bertz CT molecular complexity index is 980. The Balaban J connectivity index is 1.57. The van der Waals surface area contributed by atoms with Gasteiger partial charge in [-0.2, -0.15) is 0 Å². The van der Waals surface area contributed by atoms with Gasteiger partial charge in [-0.15, -0.1) is 10.0 Å². The van der Waals surface area contributed by atoms with E-state index in [0.717, 1.165) is 18.4 Å². The predicted molar refractivity (Wildman–Crippen MR) is 128 cm³/mol. The van der Waals surface area contributed by atoms with Crippen LogP contribution in [0.25, 0.3) is 0 Å². The van der Waals surface area contributed by atoms with Gasteiger partial charge in [-0.1, -0.05) is 30.3 Å². The molecule has 1 aromatic rings. The summed E-state index contributed by atoms with van der Waals surface area (Å²) in [5.41, 5.74) is 0.815. The number of rotatable bonds is 6. The van der Waals surface area contributed by atoms with Crippen molar-refractivity contribution < 1.29 is 29.0 Å². The van der Waals surface area contributed by atoms with Crippen molar-refractivity contribution in [3.8, 4) is 0 Å². The molecule has 3 saturated heterocycles. The van der Waals surface area contributed by atoms with Crippen LogP contribution in [-0.4, -0.2) is 91.6 Å². The lowest BCUT2D eigenvalue weighted by atomic mass is 9.98. The molecule has 0 spiro atoms. The highest BCUT2D eigenvalue weighted by Crippen LogP contribution is 2.74. The quantitative estimate of drug-likeness (QED) is 0.481. The first-order valence-electron chi connectivity index (χ1n) is 11.6.